The van der Waals surface area contributed by atoms with Crippen LogP contribution in [-0.2, 0) is 21.4 Å². The second-order valence-electron chi connectivity index (χ2n) is 8.46. The number of benzene rings is 2. The van der Waals surface area contributed by atoms with Crippen molar-refractivity contribution in [2.45, 2.75) is 50.2 Å². The molecular formula is C23H27FN2O4S. The second kappa shape index (κ2) is 8.59. The number of rotatable bonds is 5. The van der Waals surface area contributed by atoms with Gasteiger partial charge in [0.2, 0.25) is 10.0 Å². The molecule has 1 fully saturated rings. The lowest BCUT2D eigenvalue weighted by Crippen LogP contribution is -2.38. The number of hydrogen-bond donors (Lipinski definition) is 1. The van der Waals surface area contributed by atoms with E-state index in [1.54, 1.807) is 34.6 Å². The number of carbonyl (C=O) groups is 1. The summed E-state index contributed by atoms with van der Waals surface area (Å²) in [5.74, 6) is 0.153. The molecule has 31 heavy (non-hydrogen) atoms. The average molecular weight is 447 g/mol. The van der Waals surface area contributed by atoms with E-state index in [0.717, 1.165) is 18.4 Å². The van der Waals surface area contributed by atoms with Crippen molar-refractivity contribution in [3.8, 4) is 5.75 Å². The van der Waals surface area contributed by atoms with Gasteiger partial charge in [0.05, 0.1) is 4.90 Å². The molecule has 8 heteroatoms. The Bertz CT molecular complexity index is 1060. The van der Waals surface area contributed by atoms with Crippen LogP contribution in [0.4, 0.5) is 4.39 Å². The lowest BCUT2D eigenvalue weighted by molar-refractivity contribution is -0.128. The molecule has 0 aliphatic carbocycles. The second-order valence-corrected chi connectivity index (χ2v) is 10.4. The smallest absolute Gasteiger partial charge is 0.261 e. The van der Waals surface area contributed by atoms with Crippen molar-refractivity contribution in [2.75, 3.05) is 13.1 Å². The van der Waals surface area contributed by atoms with Gasteiger partial charge in [-0.3, -0.25) is 4.79 Å². The zero-order valence-corrected chi connectivity index (χ0v) is 18.5. The first-order valence-corrected chi connectivity index (χ1v) is 12.0. The standard InChI is InChI=1S/C23H27FN2O4S/c1-15-9-11-26(12-10-15)31(28,29)19-7-8-21-20(13-19)16(2)22(30-21)23(27)25-14-17-3-5-18(24)6-4-17/h3-8,13,15-16,22H,9-12,14H2,1-2H3,(H,25,27). The van der Waals surface area contributed by atoms with Crippen LogP contribution >= 0.6 is 0 Å². The number of nitrogens with zero attached hydrogens (tertiary/aromatic N) is 1. The van der Waals surface area contributed by atoms with Crippen LogP contribution in [0.5, 0.6) is 5.75 Å². The lowest BCUT2D eigenvalue weighted by atomic mass is 9.97. The zero-order chi connectivity index (χ0) is 22.2. The number of fused-ring (bicyclic) bond motifs is 1. The van der Waals surface area contributed by atoms with Gasteiger partial charge in [-0.2, -0.15) is 4.31 Å². The SMILES string of the molecule is CC1CCN(S(=O)(=O)c2ccc3c(c2)C(C)C(C(=O)NCc2ccc(F)cc2)O3)CC1. The third kappa shape index (κ3) is 4.45. The van der Waals surface area contributed by atoms with Gasteiger partial charge < -0.3 is 10.1 Å². The van der Waals surface area contributed by atoms with Crippen molar-refractivity contribution in [2.24, 2.45) is 5.92 Å². The predicted molar refractivity (Wildman–Crippen MR) is 115 cm³/mol. The van der Waals surface area contributed by atoms with Gasteiger partial charge in [0.15, 0.2) is 6.10 Å². The summed E-state index contributed by atoms with van der Waals surface area (Å²) < 4.78 is 46.6. The molecule has 2 aromatic carbocycles. The predicted octanol–water partition coefficient (Wildman–Crippen LogP) is 3.43. The van der Waals surface area contributed by atoms with Gasteiger partial charge in [0.25, 0.3) is 5.91 Å². The molecular weight excluding hydrogens is 419 g/mol. The topological polar surface area (TPSA) is 75.7 Å². The molecule has 2 atom stereocenters. The Morgan fingerprint density at radius 1 is 1.13 bits per heavy atom. The van der Waals surface area contributed by atoms with Crippen LogP contribution in [0.3, 0.4) is 0 Å². The lowest BCUT2D eigenvalue weighted by Gasteiger charge is -2.29. The summed E-state index contributed by atoms with van der Waals surface area (Å²) in [6.07, 6.45) is 0.976. The largest absolute Gasteiger partial charge is 0.480 e. The molecule has 1 amide bonds. The maximum Gasteiger partial charge on any atom is 0.261 e. The normalized spacial score (nSPS) is 22.0. The summed E-state index contributed by atoms with van der Waals surface area (Å²) in [7, 11) is -3.57. The highest BCUT2D eigenvalue weighted by Gasteiger charge is 2.38. The fourth-order valence-corrected chi connectivity index (χ4v) is 5.60. The molecule has 2 aromatic rings. The number of nitrogens with one attached hydrogen (secondary N) is 1. The van der Waals surface area contributed by atoms with E-state index in [1.165, 1.54) is 12.1 Å². The van der Waals surface area contributed by atoms with Crippen molar-refractivity contribution < 1.29 is 22.3 Å². The molecule has 2 aliphatic rings. The Labute approximate surface area is 182 Å². The van der Waals surface area contributed by atoms with Gasteiger partial charge >= 0.3 is 0 Å². The summed E-state index contributed by atoms with van der Waals surface area (Å²) in [5, 5.41) is 2.81. The van der Waals surface area contributed by atoms with Crippen molar-refractivity contribution >= 4 is 15.9 Å². The third-order valence-electron chi connectivity index (χ3n) is 6.20. The number of amides is 1. The molecule has 2 aliphatic heterocycles. The van der Waals surface area contributed by atoms with Crippen LogP contribution in [0, 0.1) is 11.7 Å². The van der Waals surface area contributed by atoms with E-state index in [9.17, 15) is 17.6 Å². The summed E-state index contributed by atoms with van der Waals surface area (Å²) in [4.78, 5) is 12.9. The maximum atomic E-state index is 13.1. The van der Waals surface area contributed by atoms with Gasteiger partial charge in [-0.1, -0.05) is 26.0 Å². The average Bonchev–Trinajstić information content (AvgIpc) is 3.09. The number of hydrogen-bond acceptors (Lipinski definition) is 4. The molecule has 0 bridgehead atoms. The van der Waals surface area contributed by atoms with Crippen LogP contribution in [0.1, 0.15) is 43.7 Å². The van der Waals surface area contributed by atoms with Crippen molar-refractivity contribution in [3.63, 3.8) is 0 Å². The van der Waals surface area contributed by atoms with Gasteiger partial charge in [-0.25, -0.2) is 12.8 Å². The first-order valence-electron chi connectivity index (χ1n) is 10.6. The molecule has 2 unspecified atom stereocenters. The fourth-order valence-electron chi connectivity index (χ4n) is 4.10. The number of carbonyl (C=O) groups excluding carboxylic acids is 1. The molecule has 166 valence electrons. The van der Waals surface area contributed by atoms with Crippen molar-refractivity contribution in [1.29, 1.82) is 0 Å². The monoisotopic (exact) mass is 446 g/mol. The number of ether oxygens (including phenoxy) is 1. The van der Waals surface area contributed by atoms with Crippen LogP contribution in [0.15, 0.2) is 47.4 Å². The molecule has 2 heterocycles. The Hall–Kier alpha value is -2.45. The quantitative estimate of drug-likeness (QED) is 0.764. The van der Waals surface area contributed by atoms with E-state index in [-0.39, 0.29) is 29.1 Å². The van der Waals surface area contributed by atoms with Crippen LogP contribution < -0.4 is 10.1 Å². The molecule has 0 saturated carbocycles. The van der Waals surface area contributed by atoms with Crippen molar-refractivity contribution in [1.82, 2.24) is 9.62 Å². The molecule has 1 N–H and O–H groups in total. The Balaban J connectivity index is 1.46. The molecule has 1 saturated heterocycles. The van der Waals surface area contributed by atoms with E-state index in [2.05, 4.69) is 12.2 Å². The highest BCUT2D eigenvalue weighted by molar-refractivity contribution is 7.89. The van der Waals surface area contributed by atoms with E-state index in [0.29, 0.717) is 30.3 Å². The summed E-state index contributed by atoms with van der Waals surface area (Å²) in [5.41, 5.74) is 1.50. The summed E-state index contributed by atoms with van der Waals surface area (Å²) in [6, 6.07) is 10.7. The van der Waals surface area contributed by atoms with E-state index < -0.39 is 16.1 Å². The van der Waals surface area contributed by atoms with Gasteiger partial charge in [0.1, 0.15) is 11.6 Å². The number of sulfonamides is 1. The number of piperidine rings is 1. The molecule has 0 radical (unpaired) electrons. The number of halogens is 1. The Kier molecular flexibility index (Phi) is 6.03. The Morgan fingerprint density at radius 3 is 2.48 bits per heavy atom. The first-order chi connectivity index (χ1) is 14.8. The van der Waals surface area contributed by atoms with E-state index in [4.69, 9.17) is 4.74 Å². The van der Waals surface area contributed by atoms with E-state index >= 15 is 0 Å². The minimum atomic E-state index is -3.57. The van der Waals surface area contributed by atoms with Crippen LogP contribution in [0.25, 0.3) is 0 Å². The van der Waals surface area contributed by atoms with E-state index in [1.807, 2.05) is 6.92 Å². The van der Waals surface area contributed by atoms with Gasteiger partial charge in [0, 0.05) is 31.1 Å². The molecule has 6 nitrogen and oxygen atoms in total. The molecule has 4 rings (SSSR count). The summed E-state index contributed by atoms with van der Waals surface area (Å²) in [6.45, 7) is 5.31. The summed E-state index contributed by atoms with van der Waals surface area (Å²) >= 11 is 0. The zero-order valence-electron chi connectivity index (χ0n) is 17.7. The molecule has 0 spiro atoms. The van der Waals surface area contributed by atoms with Crippen LogP contribution in [-0.4, -0.2) is 37.8 Å². The first kappa shape index (κ1) is 21.8. The maximum absolute atomic E-state index is 13.1. The van der Waals surface area contributed by atoms with Gasteiger partial charge in [-0.15, -0.1) is 0 Å². The highest BCUT2D eigenvalue weighted by atomic mass is 32.2. The molecule has 0 aromatic heterocycles. The highest BCUT2D eigenvalue weighted by Crippen LogP contribution is 2.40. The Morgan fingerprint density at radius 2 is 1.81 bits per heavy atom. The minimum Gasteiger partial charge on any atom is -0.480 e. The van der Waals surface area contributed by atoms with Gasteiger partial charge in [-0.05, 0) is 54.7 Å². The third-order valence-corrected chi connectivity index (χ3v) is 8.09. The van der Waals surface area contributed by atoms with Crippen molar-refractivity contribution in [3.05, 3.63) is 59.4 Å². The van der Waals surface area contributed by atoms with Crippen LogP contribution in [0.2, 0.25) is 0 Å². The minimum absolute atomic E-state index is 0.239. The fraction of sp³-hybridized carbons (Fsp3) is 0.435.